The molecule has 0 radical (unpaired) electrons. The summed E-state index contributed by atoms with van der Waals surface area (Å²) >= 11 is 0. The van der Waals surface area contributed by atoms with Crippen LogP contribution in [-0.2, 0) is 20.9 Å². The Morgan fingerprint density at radius 1 is 1.21 bits per heavy atom. The van der Waals surface area contributed by atoms with Crippen LogP contribution in [0.25, 0.3) is 0 Å². The Labute approximate surface area is 165 Å². The molecule has 1 N–H and O–H groups in total. The molecule has 1 atom stereocenters. The van der Waals surface area contributed by atoms with Gasteiger partial charge in [0.1, 0.15) is 5.82 Å². The van der Waals surface area contributed by atoms with Gasteiger partial charge in [-0.25, -0.2) is 4.39 Å². The van der Waals surface area contributed by atoms with Gasteiger partial charge in [0.15, 0.2) is 0 Å². The van der Waals surface area contributed by atoms with Gasteiger partial charge in [-0.15, -0.1) is 0 Å². The van der Waals surface area contributed by atoms with E-state index in [4.69, 9.17) is 0 Å². The number of likely N-dealkylation sites (N-methyl/N-ethyl adjacent to an activating group) is 1. The van der Waals surface area contributed by atoms with Crippen LogP contribution in [-0.4, -0.2) is 53.2 Å². The van der Waals surface area contributed by atoms with E-state index in [2.05, 4.69) is 5.32 Å². The van der Waals surface area contributed by atoms with Crippen LogP contribution in [0.4, 0.5) is 4.39 Å². The molecule has 0 aromatic heterocycles. The van der Waals surface area contributed by atoms with E-state index in [-0.39, 0.29) is 55.0 Å². The van der Waals surface area contributed by atoms with E-state index < -0.39 is 0 Å². The van der Waals surface area contributed by atoms with Gasteiger partial charge in [-0.3, -0.25) is 14.4 Å². The van der Waals surface area contributed by atoms with Gasteiger partial charge in [-0.1, -0.05) is 25.0 Å². The van der Waals surface area contributed by atoms with Crippen molar-refractivity contribution in [2.75, 3.05) is 19.6 Å². The molecule has 6 nitrogen and oxygen atoms in total. The summed E-state index contributed by atoms with van der Waals surface area (Å²) in [5, 5.41) is 2.76. The molecule has 0 bridgehead atoms. The number of carbonyl (C=O) groups is 3. The first kappa shape index (κ1) is 20.3. The topological polar surface area (TPSA) is 69.7 Å². The lowest BCUT2D eigenvalue weighted by molar-refractivity contribution is -0.139. The molecule has 3 rings (SSSR count). The zero-order valence-electron chi connectivity index (χ0n) is 16.3. The third kappa shape index (κ3) is 4.88. The number of hydrogen-bond acceptors (Lipinski definition) is 3. The highest BCUT2D eigenvalue weighted by atomic mass is 19.1. The third-order valence-electron chi connectivity index (χ3n) is 5.70. The molecule has 1 aromatic carbocycles. The highest BCUT2D eigenvalue weighted by Crippen LogP contribution is 2.30. The maximum absolute atomic E-state index is 12.9. The molecule has 1 heterocycles. The smallest absolute Gasteiger partial charge is 0.239 e. The van der Waals surface area contributed by atoms with E-state index in [1.54, 1.807) is 12.1 Å². The van der Waals surface area contributed by atoms with Gasteiger partial charge in [0.2, 0.25) is 17.7 Å². The van der Waals surface area contributed by atoms with Crippen molar-refractivity contribution in [3.63, 3.8) is 0 Å². The number of halogens is 1. The van der Waals surface area contributed by atoms with Crippen LogP contribution in [0.1, 0.15) is 44.6 Å². The first-order valence-corrected chi connectivity index (χ1v) is 10.1. The van der Waals surface area contributed by atoms with Gasteiger partial charge in [-0.05, 0) is 37.5 Å². The Morgan fingerprint density at radius 2 is 1.89 bits per heavy atom. The van der Waals surface area contributed by atoms with Crippen molar-refractivity contribution >= 4 is 17.7 Å². The predicted octanol–water partition coefficient (Wildman–Crippen LogP) is 2.08. The molecule has 1 aliphatic heterocycles. The quantitative estimate of drug-likeness (QED) is 0.776. The van der Waals surface area contributed by atoms with Crippen LogP contribution < -0.4 is 5.32 Å². The van der Waals surface area contributed by atoms with Gasteiger partial charge in [0.05, 0.1) is 12.5 Å². The van der Waals surface area contributed by atoms with E-state index in [0.29, 0.717) is 13.1 Å². The summed E-state index contributed by atoms with van der Waals surface area (Å²) in [7, 11) is 0. The minimum absolute atomic E-state index is 0.0371. The van der Waals surface area contributed by atoms with E-state index in [1.165, 1.54) is 17.0 Å². The summed E-state index contributed by atoms with van der Waals surface area (Å²) < 4.78 is 12.9. The Hall–Kier alpha value is -2.44. The van der Waals surface area contributed by atoms with Crippen molar-refractivity contribution in [2.24, 2.45) is 5.92 Å². The van der Waals surface area contributed by atoms with Crippen LogP contribution in [0, 0.1) is 11.7 Å². The fourth-order valence-electron chi connectivity index (χ4n) is 4.10. The first-order chi connectivity index (χ1) is 13.5. The van der Waals surface area contributed by atoms with Crippen molar-refractivity contribution in [3.05, 3.63) is 35.6 Å². The molecule has 0 spiro atoms. The Morgan fingerprint density at radius 3 is 2.54 bits per heavy atom. The SMILES string of the molecule is CCN(CC(=O)NCc1ccc(F)cc1)C(=O)[C@@H]1CC(=O)N(C2CCCC2)C1. The molecule has 3 amide bonds. The molecular weight excluding hydrogens is 361 g/mol. The molecule has 2 aliphatic rings. The molecule has 1 aromatic rings. The zero-order chi connectivity index (χ0) is 20.1. The Bertz CT molecular complexity index is 716. The number of hydrogen-bond donors (Lipinski definition) is 1. The van der Waals surface area contributed by atoms with Crippen molar-refractivity contribution < 1.29 is 18.8 Å². The van der Waals surface area contributed by atoms with Gasteiger partial charge >= 0.3 is 0 Å². The first-order valence-electron chi connectivity index (χ1n) is 10.1. The zero-order valence-corrected chi connectivity index (χ0v) is 16.3. The minimum atomic E-state index is -0.363. The van der Waals surface area contributed by atoms with E-state index in [9.17, 15) is 18.8 Å². The standard InChI is InChI=1S/C21H28FN3O3/c1-2-24(14-19(26)23-12-15-7-9-17(22)10-8-15)21(28)16-11-20(27)25(13-16)18-5-3-4-6-18/h7-10,16,18H,2-6,11-14H2,1H3,(H,23,26)/t16-/m1/s1. The second kappa shape index (κ2) is 9.17. The molecule has 7 heteroatoms. The average molecular weight is 389 g/mol. The van der Waals surface area contributed by atoms with Gasteiger partial charge in [0, 0.05) is 32.1 Å². The summed E-state index contributed by atoms with van der Waals surface area (Å²) in [6, 6.07) is 6.19. The molecule has 152 valence electrons. The van der Waals surface area contributed by atoms with Crippen molar-refractivity contribution in [1.82, 2.24) is 15.1 Å². The van der Waals surface area contributed by atoms with E-state index >= 15 is 0 Å². The average Bonchev–Trinajstić information content (AvgIpc) is 3.34. The fraction of sp³-hybridized carbons (Fsp3) is 0.571. The number of rotatable bonds is 7. The number of nitrogens with zero attached hydrogens (tertiary/aromatic N) is 2. The second-order valence-electron chi connectivity index (χ2n) is 7.64. The Balaban J connectivity index is 1.50. The van der Waals surface area contributed by atoms with Crippen LogP contribution in [0.3, 0.4) is 0 Å². The molecule has 0 unspecified atom stereocenters. The molecule has 1 saturated heterocycles. The number of amides is 3. The lowest BCUT2D eigenvalue weighted by atomic mass is 10.1. The Kier molecular flexibility index (Phi) is 6.65. The monoisotopic (exact) mass is 389 g/mol. The van der Waals surface area contributed by atoms with E-state index in [1.807, 2.05) is 11.8 Å². The molecule has 2 fully saturated rings. The van der Waals surface area contributed by atoms with Crippen LogP contribution in [0.15, 0.2) is 24.3 Å². The van der Waals surface area contributed by atoms with E-state index in [0.717, 1.165) is 31.2 Å². The highest BCUT2D eigenvalue weighted by Gasteiger charge is 2.40. The lowest BCUT2D eigenvalue weighted by Gasteiger charge is -2.26. The summed E-state index contributed by atoms with van der Waals surface area (Å²) in [6.07, 6.45) is 4.57. The summed E-state index contributed by atoms with van der Waals surface area (Å²) in [5.74, 6) is -1.03. The maximum Gasteiger partial charge on any atom is 0.239 e. The largest absolute Gasteiger partial charge is 0.350 e. The van der Waals surface area contributed by atoms with Crippen LogP contribution >= 0.6 is 0 Å². The maximum atomic E-state index is 12.9. The van der Waals surface area contributed by atoms with Crippen LogP contribution in [0.5, 0.6) is 0 Å². The van der Waals surface area contributed by atoms with Crippen molar-refractivity contribution in [1.29, 1.82) is 0 Å². The predicted molar refractivity (Wildman–Crippen MR) is 103 cm³/mol. The molecule has 28 heavy (non-hydrogen) atoms. The number of carbonyl (C=O) groups excluding carboxylic acids is 3. The fourth-order valence-corrected chi connectivity index (χ4v) is 4.10. The van der Waals surface area contributed by atoms with Gasteiger partial charge < -0.3 is 15.1 Å². The lowest BCUT2D eigenvalue weighted by Crippen LogP contribution is -2.44. The van der Waals surface area contributed by atoms with Crippen LogP contribution in [0.2, 0.25) is 0 Å². The van der Waals surface area contributed by atoms with Crippen molar-refractivity contribution in [2.45, 2.75) is 51.6 Å². The normalized spacial score (nSPS) is 19.9. The summed E-state index contributed by atoms with van der Waals surface area (Å²) in [5.41, 5.74) is 0.790. The van der Waals surface area contributed by atoms with Crippen molar-refractivity contribution in [3.8, 4) is 0 Å². The number of benzene rings is 1. The number of likely N-dealkylation sites (tertiary alicyclic amines) is 1. The van der Waals surface area contributed by atoms with Gasteiger partial charge in [0.25, 0.3) is 0 Å². The second-order valence-corrected chi connectivity index (χ2v) is 7.64. The number of nitrogens with one attached hydrogen (secondary N) is 1. The summed E-state index contributed by atoms with van der Waals surface area (Å²) in [4.78, 5) is 40.8. The third-order valence-corrected chi connectivity index (χ3v) is 5.70. The van der Waals surface area contributed by atoms with Gasteiger partial charge in [-0.2, -0.15) is 0 Å². The summed E-state index contributed by atoms with van der Waals surface area (Å²) in [6.45, 7) is 2.95. The molecule has 1 aliphatic carbocycles. The highest BCUT2D eigenvalue weighted by molar-refractivity contribution is 5.91. The minimum Gasteiger partial charge on any atom is -0.350 e. The molecular formula is C21H28FN3O3. The molecule has 1 saturated carbocycles.